The van der Waals surface area contributed by atoms with E-state index >= 15 is 0 Å². The Labute approximate surface area is 124 Å². The number of carbonyl (C=O) groups excluding carboxylic acids is 1. The van der Waals surface area contributed by atoms with E-state index in [2.05, 4.69) is 5.32 Å². The molecular weight excluding hydrogens is 270 g/mol. The Bertz CT molecular complexity index is 480. The Balaban J connectivity index is 1.85. The lowest BCUT2D eigenvalue weighted by atomic mass is 9.92. The molecule has 2 rings (SSSR count). The highest BCUT2D eigenvalue weighted by molar-refractivity contribution is 5.69. The first-order valence-electron chi connectivity index (χ1n) is 7.30. The van der Waals surface area contributed by atoms with E-state index in [-0.39, 0.29) is 13.0 Å². The van der Waals surface area contributed by atoms with Crippen LogP contribution in [-0.4, -0.2) is 22.7 Å². The van der Waals surface area contributed by atoms with Gasteiger partial charge in [-0.05, 0) is 24.8 Å². The first kappa shape index (κ1) is 15.4. The van der Waals surface area contributed by atoms with Crippen LogP contribution < -0.4 is 5.32 Å². The highest BCUT2D eigenvalue weighted by atomic mass is 16.5. The highest BCUT2D eigenvalue weighted by Crippen LogP contribution is 2.33. The summed E-state index contributed by atoms with van der Waals surface area (Å²) < 4.78 is 5.22. The van der Waals surface area contributed by atoms with Gasteiger partial charge < -0.3 is 15.2 Å². The average molecular weight is 291 g/mol. The molecule has 1 amide bonds. The third-order valence-corrected chi connectivity index (χ3v) is 3.96. The second-order valence-electron chi connectivity index (χ2n) is 5.57. The molecule has 0 spiro atoms. The summed E-state index contributed by atoms with van der Waals surface area (Å²) in [5.74, 6) is -0.833. The number of hydrogen-bond donors (Lipinski definition) is 2. The van der Waals surface area contributed by atoms with E-state index in [0.717, 1.165) is 31.2 Å². The van der Waals surface area contributed by atoms with Gasteiger partial charge >= 0.3 is 12.1 Å². The number of carbonyl (C=O) groups is 2. The van der Waals surface area contributed by atoms with Crippen molar-refractivity contribution >= 4 is 12.1 Å². The van der Waals surface area contributed by atoms with E-state index in [1.807, 2.05) is 30.3 Å². The first-order chi connectivity index (χ1) is 10.1. The second-order valence-corrected chi connectivity index (χ2v) is 5.57. The standard InChI is InChI=1S/C16H21NO4/c18-14(19)8-11-16(9-4-5-10-16)17-15(20)21-12-13-6-2-1-3-7-13/h1-3,6-7H,4-5,8-12H2,(H,17,20)(H,18,19). The van der Waals surface area contributed by atoms with Crippen molar-refractivity contribution < 1.29 is 19.4 Å². The number of amides is 1. The van der Waals surface area contributed by atoms with Gasteiger partial charge in [-0.15, -0.1) is 0 Å². The van der Waals surface area contributed by atoms with Crippen LogP contribution >= 0.6 is 0 Å². The molecule has 0 aromatic heterocycles. The van der Waals surface area contributed by atoms with Crippen LogP contribution in [-0.2, 0) is 16.1 Å². The zero-order valence-electron chi connectivity index (χ0n) is 12.0. The summed E-state index contributed by atoms with van der Waals surface area (Å²) in [5.41, 5.74) is 0.519. The zero-order valence-corrected chi connectivity index (χ0v) is 12.0. The molecule has 114 valence electrons. The van der Waals surface area contributed by atoms with E-state index in [1.165, 1.54) is 0 Å². The SMILES string of the molecule is O=C(O)CCC1(NC(=O)OCc2ccccc2)CCCC1. The molecule has 5 heteroatoms. The summed E-state index contributed by atoms with van der Waals surface area (Å²) in [4.78, 5) is 22.7. The minimum atomic E-state index is -0.833. The normalized spacial score (nSPS) is 16.4. The molecule has 0 aliphatic heterocycles. The Kier molecular flexibility index (Phi) is 5.20. The summed E-state index contributed by atoms with van der Waals surface area (Å²) in [6.07, 6.45) is 3.73. The van der Waals surface area contributed by atoms with Gasteiger partial charge in [-0.2, -0.15) is 0 Å². The van der Waals surface area contributed by atoms with Crippen molar-refractivity contribution in [3.8, 4) is 0 Å². The molecule has 0 radical (unpaired) electrons. The Hall–Kier alpha value is -2.04. The topological polar surface area (TPSA) is 75.6 Å². The van der Waals surface area contributed by atoms with Gasteiger partial charge in [0, 0.05) is 12.0 Å². The van der Waals surface area contributed by atoms with Crippen LogP contribution in [0.5, 0.6) is 0 Å². The quantitative estimate of drug-likeness (QED) is 0.844. The van der Waals surface area contributed by atoms with Crippen molar-refractivity contribution in [2.24, 2.45) is 0 Å². The maximum absolute atomic E-state index is 11.9. The summed E-state index contributed by atoms with van der Waals surface area (Å²) in [7, 11) is 0. The molecule has 5 nitrogen and oxygen atoms in total. The van der Waals surface area contributed by atoms with Crippen LogP contribution in [0.15, 0.2) is 30.3 Å². The lowest BCUT2D eigenvalue weighted by Gasteiger charge is -2.29. The van der Waals surface area contributed by atoms with Crippen molar-refractivity contribution in [1.29, 1.82) is 0 Å². The Morgan fingerprint density at radius 3 is 2.48 bits per heavy atom. The lowest BCUT2D eigenvalue weighted by Crippen LogP contribution is -2.46. The molecule has 0 heterocycles. The van der Waals surface area contributed by atoms with Crippen LogP contribution in [0.3, 0.4) is 0 Å². The average Bonchev–Trinajstić information content (AvgIpc) is 2.93. The fourth-order valence-corrected chi connectivity index (χ4v) is 2.81. The molecule has 0 bridgehead atoms. The van der Waals surface area contributed by atoms with Crippen LogP contribution in [0.1, 0.15) is 44.1 Å². The number of hydrogen-bond acceptors (Lipinski definition) is 3. The molecule has 1 aliphatic carbocycles. The van der Waals surface area contributed by atoms with Crippen molar-refractivity contribution in [2.45, 2.75) is 50.7 Å². The third-order valence-electron chi connectivity index (χ3n) is 3.96. The van der Waals surface area contributed by atoms with Gasteiger partial charge in [0.15, 0.2) is 0 Å². The summed E-state index contributed by atoms with van der Waals surface area (Å²) in [5, 5.41) is 11.7. The highest BCUT2D eigenvalue weighted by Gasteiger charge is 2.36. The first-order valence-corrected chi connectivity index (χ1v) is 7.30. The third kappa shape index (κ3) is 4.77. The zero-order chi connectivity index (χ0) is 15.1. The number of alkyl carbamates (subject to hydrolysis) is 1. The molecule has 2 N–H and O–H groups in total. The predicted molar refractivity (Wildman–Crippen MR) is 77.8 cm³/mol. The molecule has 21 heavy (non-hydrogen) atoms. The van der Waals surface area contributed by atoms with Gasteiger partial charge in [-0.25, -0.2) is 4.79 Å². The molecule has 1 aromatic rings. The summed E-state index contributed by atoms with van der Waals surface area (Å²) in [6, 6.07) is 9.47. The smallest absolute Gasteiger partial charge is 0.407 e. The van der Waals surface area contributed by atoms with E-state index in [4.69, 9.17) is 9.84 Å². The van der Waals surface area contributed by atoms with Gasteiger partial charge in [0.25, 0.3) is 0 Å². The van der Waals surface area contributed by atoms with Crippen LogP contribution in [0.25, 0.3) is 0 Å². The van der Waals surface area contributed by atoms with Crippen molar-refractivity contribution in [3.05, 3.63) is 35.9 Å². The molecule has 0 unspecified atom stereocenters. The molecular formula is C16H21NO4. The van der Waals surface area contributed by atoms with Crippen molar-refractivity contribution in [2.75, 3.05) is 0 Å². The predicted octanol–water partition coefficient (Wildman–Crippen LogP) is 3.09. The summed E-state index contributed by atoms with van der Waals surface area (Å²) in [6.45, 7) is 0.224. The van der Waals surface area contributed by atoms with Crippen molar-refractivity contribution in [3.63, 3.8) is 0 Å². The minimum Gasteiger partial charge on any atom is -0.481 e. The number of carboxylic acids is 1. The van der Waals surface area contributed by atoms with E-state index in [9.17, 15) is 9.59 Å². The van der Waals surface area contributed by atoms with Gasteiger partial charge in [0.05, 0.1) is 0 Å². The largest absolute Gasteiger partial charge is 0.481 e. The molecule has 1 saturated carbocycles. The minimum absolute atomic E-state index is 0.0684. The molecule has 0 atom stereocenters. The fourth-order valence-electron chi connectivity index (χ4n) is 2.81. The Morgan fingerprint density at radius 2 is 1.86 bits per heavy atom. The molecule has 1 fully saturated rings. The van der Waals surface area contributed by atoms with Crippen LogP contribution in [0.2, 0.25) is 0 Å². The van der Waals surface area contributed by atoms with Gasteiger partial charge in [0.1, 0.15) is 6.61 Å². The van der Waals surface area contributed by atoms with Crippen LogP contribution in [0, 0.1) is 0 Å². The number of benzene rings is 1. The number of rotatable bonds is 6. The number of carboxylic acid groups (broad SMARTS) is 1. The second kappa shape index (κ2) is 7.11. The van der Waals surface area contributed by atoms with E-state index < -0.39 is 17.6 Å². The van der Waals surface area contributed by atoms with Gasteiger partial charge in [0.2, 0.25) is 0 Å². The van der Waals surface area contributed by atoms with Gasteiger partial charge in [-0.3, -0.25) is 4.79 Å². The fraction of sp³-hybridized carbons (Fsp3) is 0.500. The van der Waals surface area contributed by atoms with Crippen LogP contribution in [0.4, 0.5) is 4.79 Å². The number of ether oxygens (including phenoxy) is 1. The van der Waals surface area contributed by atoms with E-state index in [1.54, 1.807) is 0 Å². The molecule has 1 aromatic carbocycles. The summed E-state index contributed by atoms with van der Waals surface area (Å²) >= 11 is 0. The number of aliphatic carboxylic acids is 1. The Morgan fingerprint density at radius 1 is 1.19 bits per heavy atom. The van der Waals surface area contributed by atoms with Gasteiger partial charge in [-0.1, -0.05) is 43.2 Å². The number of nitrogens with one attached hydrogen (secondary N) is 1. The lowest BCUT2D eigenvalue weighted by molar-refractivity contribution is -0.137. The van der Waals surface area contributed by atoms with Crippen molar-refractivity contribution in [1.82, 2.24) is 5.32 Å². The van der Waals surface area contributed by atoms with E-state index in [0.29, 0.717) is 6.42 Å². The monoisotopic (exact) mass is 291 g/mol. The maximum atomic E-state index is 11.9. The molecule has 1 aliphatic rings. The molecule has 0 saturated heterocycles. The maximum Gasteiger partial charge on any atom is 0.407 e.